The SMILES string of the molecule is CCOC(=O)C1(NC(=O)C2CCCN(C(=O)c3ccc(F)cc3)C2)CCCC1. The van der Waals surface area contributed by atoms with Crippen molar-refractivity contribution in [3.05, 3.63) is 35.6 Å². The third-order valence-corrected chi connectivity index (χ3v) is 5.66. The largest absolute Gasteiger partial charge is 0.464 e. The van der Waals surface area contributed by atoms with Crippen molar-refractivity contribution in [1.29, 1.82) is 0 Å². The number of carbonyl (C=O) groups excluding carboxylic acids is 3. The number of amides is 2. The molecule has 3 rings (SSSR count). The van der Waals surface area contributed by atoms with E-state index in [1.807, 2.05) is 0 Å². The zero-order chi connectivity index (χ0) is 20.1. The van der Waals surface area contributed by atoms with Crippen molar-refractivity contribution in [2.24, 2.45) is 5.92 Å². The Balaban J connectivity index is 1.66. The molecule has 0 bridgehead atoms. The molecule has 1 saturated heterocycles. The first kappa shape index (κ1) is 20.3. The number of halogens is 1. The van der Waals surface area contributed by atoms with E-state index in [9.17, 15) is 18.8 Å². The van der Waals surface area contributed by atoms with Gasteiger partial charge in [-0.1, -0.05) is 12.8 Å². The van der Waals surface area contributed by atoms with Crippen LogP contribution in [0.4, 0.5) is 4.39 Å². The second kappa shape index (κ2) is 8.71. The van der Waals surface area contributed by atoms with E-state index in [4.69, 9.17) is 4.74 Å². The van der Waals surface area contributed by atoms with E-state index < -0.39 is 11.4 Å². The standard InChI is InChI=1S/C21H27FN2O4/c1-2-28-20(27)21(11-3-4-12-21)23-18(25)16-6-5-13-24(14-16)19(26)15-7-9-17(22)10-8-15/h7-10,16H,2-6,11-14H2,1H3,(H,23,25). The summed E-state index contributed by atoms with van der Waals surface area (Å²) in [5.74, 6) is -1.54. The van der Waals surface area contributed by atoms with E-state index in [1.54, 1.807) is 11.8 Å². The van der Waals surface area contributed by atoms with E-state index in [2.05, 4.69) is 5.32 Å². The lowest BCUT2D eigenvalue weighted by Gasteiger charge is -2.35. The lowest BCUT2D eigenvalue weighted by molar-refractivity contribution is -0.153. The van der Waals surface area contributed by atoms with Crippen molar-refractivity contribution in [2.75, 3.05) is 19.7 Å². The molecule has 1 aromatic carbocycles. The van der Waals surface area contributed by atoms with Crippen molar-refractivity contribution in [3.8, 4) is 0 Å². The highest BCUT2D eigenvalue weighted by Gasteiger charge is 2.45. The summed E-state index contributed by atoms with van der Waals surface area (Å²) in [5.41, 5.74) is -0.530. The highest BCUT2D eigenvalue weighted by Crippen LogP contribution is 2.32. The van der Waals surface area contributed by atoms with Crippen LogP contribution in [0, 0.1) is 11.7 Å². The molecule has 28 heavy (non-hydrogen) atoms. The average molecular weight is 390 g/mol. The fourth-order valence-corrected chi connectivity index (χ4v) is 4.12. The van der Waals surface area contributed by atoms with Gasteiger partial charge in [-0.15, -0.1) is 0 Å². The van der Waals surface area contributed by atoms with E-state index in [-0.39, 0.29) is 30.3 Å². The first-order chi connectivity index (χ1) is 13.4. The summed E-state index contributed by atoms with van der Waals surface area (Å²) in [5, 5.41) is 2.95. The quantitative estimate of drug-likeness (QED) is 0.785. The Morgan fingerprint density at radius 3 is 2.50 bits per heavy atom. The number of carbonyl (C=O) groups is 3. The van der Waals surface area contributed by atoms with E-state index in [0.29, 0.717) is 44.3 Å². The molecule has 1 saturated carbocycles. The highest BCUT2D eigenvalue weighted by atomic mass is 19.1. The molecule has 2 fully saturated rings. The fourth-order valence-electron chi connectivity index (χ4n) is 4.12. The number of nitrogens with one attached hydrogen (secondary N) is 1. The molecule has 2 aliphatic rings. The lowest BCUT2D eigenvalue weighted by Crippen LogP contribution is -2.56. The summed E-state index contributed by atoms with van der Waals surface area (Å²) in [6.07, 6.45) is 4.29. The molecule has 1 aromatic rings. The van der Waals surface area contributed by atoms with Gasteiger partial charge < -0.3 is 15.0 Å². The number of hydrogen-bond acceptors (Lipinski definition) is 4. The second-order valence-corrected chi connectivity index (χ2v) is 7.60. The van der Waals surface area contributed by atoms with Gasteiger partial charge in [-0.25, -0.2) is 9.18 Å². The molecule has 1 heterocycles. The number of likely N-dealkylation sites (tertiary alicyclic amines) is 1. The van der Waals surface area contributed by atoms with Gasteiger partial charge in [0.25, 0.3) is 5.91 Å². The fraction of sp³-hybridized carbons (Fsp3) is 0.571. The lowest BCUT2D eigenvalue weighted by atomic mass is 9.92. The summed E-state index contributed by atoms with van der Waals surface area (Å²) in [6.45, 7) is 2.88. The van der Waals surface area contributed by atoms with Crippen LogP contribution >= 0.6 is 0 Å². The molecule has 7 heteroatoms. The molecular weight excluding hydrogens is 363 g/mol. The molecule has 0 radical (unpaired) electrons. The number of rotatable bonds is 5. The molecule has 1 N–H and O–H groups in total. The average Bonchev–Trinajstić information content (AvgIpc) is 3.18. The minimum Gasteiger partial charge on any atom is -0.464 e. The summed E-state index contributed by atoms with van der Waals surface area (Å²) in [4.78, 5) is 39.7. The molecule has 1 aliphatic carbocycles. The van der Waals surface area contributed by atoms with E-state index in [1.165, 1.54) is 24.3 Å². The smallest absolute Gasteiger partial charge is 0.331 e. The van der Waals surface area contributed by atoms with Crippen molar-refractivity contribution in [1.82, 2.24) is 10.2 Å². The van der Waals surface area contributed by atoms with E-state index >= 15 is 0 Å². The second-order valence-electron chi connectivity index (χ2n) is 7.60. The summed E-state index contributed by atoms with van der Waals surface area (Å²) >= 11 is 0. The minimum atomic E-state index is -0.934. The molecule has 2 amide bonds. The molecule has 0 spiro atoms. The number of ether oxygens (including phenoxy) is 1. The molecule has 1 atom stereocenters. The number of nitrogens with zero attached hydrogens (tertiary/aromatic N) is 1. The van der Waals surface area contributed by atoms with Crippen LogP contribution in [0.2, 0.25) is 0 Å². The van der Waals surface area contributed by atoms with Crippen molar-refractivity contribution in [3.63, 3.8) is 0 Å². The van der Waals surface area contributed by atoms with Gasteiger partial charge in [-0.3, -0.25) is 9.59 Å². The highest BCUT2D eigenvalue weighted by molar-refractivity contribution is 5.95. The maximum Gasteiger partial charge on any atom is 0.331 e. The van der Waals surface area contributed by atoms with Gasteiger partial charge in [-0.2, -0.15) is 0 Å². The Labute approximate surface area is 164 Å². The summed E-state index contributed by atoms with van der Waals surface area (Å²) < 4.78 is 18.3. The predicted octanol–water partition coefficient (Wildman–Crippen LogP) is 2.67. The Morgan fingerprint density at radius 2 is 1.86 bits per heavy atom. The van der Waals surface area contributed by atoms with Gasteiger partial charge in [0.1, 0.15) is 11.4 Å². The zero-order valence-electron chi connectivity index (χ0n) is 16.2. The predicted molar refractivity (Wildman–Crippen MR) is 101 cm³/mol. The van der Waals surface area contributed by atoms with Crippen LogP contribution in [0.5, 0.6) is 0 Å². The number of piperidine rings is 1. The van der Waals surface area contributed by atoms with Crippen LogP contribution in [-0.4, -0.2) is 47.9 Å². The van der Waals surface area contributed by atoms with Gasteiger partial charge in [0, 0.05) is 18.7 Å². The Hall–Kier alpha value is -2.44. The van der Waals surface area contributed by atoms with Gasteiger partial charge in [0.2, 0.25) is 5.91 Å². The van der Waals surface area contributed by atoms with Crippen molar-refractivity contribution >= 4 is 17.8 Å². The number of esters is 1. The Morgan fingerprint density at radius 1 is 1.18 bits per heavy atom. The van der Waals surface area contributed by atoms with Crippen LogP contribution in [-0.2, 0) is 14.3 Å². The van der Waals surface area contributed by atoms with Crippen molar-refractivity contribution in [2.45, 2.75) is 51.0 Å². The molecule has 1 aliphatic heterocycles. The first-order valence-electron chi connectivity index (χ1n) is 9.99. The van der Waals surface area contributed by atoms with Gasteiger partial charge in [-0.05, 0) is 56.9 Å². The minimum absolute atomic E-state index is 0.202. The third kappa shape index (κ3) is 4.34. The molecule has 0 aromatic heterocycles. The normalized spacial score (nSPS) is 21.2. The molecule has 1 unspecified atom stereocenters. The van der Waals surface area contributed by atoms with Gasteiger partial charge in [0.05, 0.1) is 12.5 Å². The van der Waals surface area contributed by atoms with E-state index in [0.717, 1.165) is 12.8 Å². The Kier molecular flexibility index (Phi) is 6.31. The van der Waals surface area contributed by atoms with Crippen LogP contribution in [0.25, 0.3) is 0 Å². The maximum atomic E-state index is 13.1. The number of hydrogen-bond donors (Lipinski definition) is 1. The van der Waals surface area contributed by atoms with Gasteiger partial charge >= 0.3 is 5.97 Å². The third-order valence-electron chi connectivity index (χ3n) is 5.66. The number of benzene rings is 1. The molecule has 152 valence electrons. The monoisotopic (exact) mass is 390 g/mol. The van der Waals surface area contributed by atoms with Crippen LogP contribution in [0.3, 0.4) is 0 Å². The van der Waals surface area contributed by atoms with Crippen LogP contribution in [0.1, 0.15) is 55.8 Å². The molecule has 6 nitrogen and oxygen atoms in total. The van der Waals surface area contributed by atoms with Crippen LogP contribution in [0.15, 0.2) is 24.3 Å². The topological polar surface area (TPSA) is 75.7 Å². The Bertz CT molecular complexity index is 728. The summed E-state index contributed by atoms with van der Waals surface area (Å²) in [6, 6.07) is 5.42. The first-order valence-corrected chi connectivity index (χ1v) is 9.99. The maximum absolute atomic E-state index is 13.1. The molecular formula is C21H27FN2O4. The zero-order valence-corrected chi connectivity index (χ0v) is 16.2. The van der Waals surface area contributed by atoms with Gasteiger partial charge in [0.15, 0.2) is 0 Å². The van der Waals surface area contributed by atoms with Crippen LogP contribution < -0.4 is 5.32 Å². The summed E-state index contributed by atoms with van der Waals surface area (Å²) in [7, 11) is 0. The van der Waals surface area contributed by atoms with Crippen molar-refractivity contribution < 1.29 is 23.5 Å².